The predicted molar refractivity (Wildman–Crippen MR) is 118 cm³/mol. The summed E-state index contributed by atoms with van der Waals surface area (Å²) in [5.74, 6) is 0.569. The Balaban J connectivity index is 1.47. The zero-order chi connectivity index (χ0) is 21.8. The second kappa shape index (κ2) is 9.41. The predicted octanol–water partition coefficient (Wildman–Crippen LogP) is 2.54. The van der Waals surface area contributed by atoms with Crippen molar-refractivity contribution >= 4 is 17.8 Å². The average Bonchev–Trinajstić information content (AvgIpc) is 2.98. The molecule has 31 heavy (non-hydrogen) atoms. The van der Waals surface area contributed by atoms with E-state index in [9.17, 15) is 9.59 Å². The molecule has 0 bridgehead atoms. The van der Waals surface area contributed by atoms with E-state index in [2.05, 4.69) is 16.0 Å². The molecule has 8 nitrogen and oxygen atoms in total. The van der Waals surface area contributed by atoms with Gasteiger partial charge in [0.25, 0.3) is 0 Å². The topological polar surface area (TPSA) is 105 Å². The number of hydrogen-bond acceptors (Lipinski definition) is 6. The van der Waals surface area contributed by atoms with Crippen molar-refractivity contribution < 1.29 is 9.59 Å². The number of piperidine rings is 1. The second-order valence-corrected chi connectivity index (χ2v) is 8.56. The zero-order valence-corrected chi connectivity index (χ0v) is 18.1. The number of aryl methyl sites for hydroxylation is 1. The number of pyridine rings is 1. The van der Waals surface area contributed by atoms with Crippen LogP contribution in [0.2, 0.25) is 0 Å². The Morgan fingerprint density at radius 1 is 1.10 bits per heavy atom. The lowest BCUT2D eigenvalue weighted by Gasteiger charge is -2.34. The first-order chi connectivity index (χ1) is 15.0. The number of nitrogens with zero attached hydrogens (tertiary/aromatic N) is 5. The van der Waals surface area contributed by atoms with Gasteiger partial charge in [-0.2, -0.15) is 0 Å². The smallest absolute Gasteiger partial charge is 0.242 e. The van der Waals surface area contributed by atoms with Gasteiger partial charge in [0.1, 0.15) is 0 Å². The molecule has 164 valence electrons. The average molecular weight is 423 g/mol. The first-order valence-corrected chi connectivity index (χ1v) is 11.1. The van der Waals surface area contributed by atoms with Crippen molar-refractivity contribution in [1.82, 2.24) is 24.8 Å². The molecule has 1 atom stereocenters. The van der Waals surface area contributed by atoms with Crippen LogP contribution in [0.1, 0.15) is 55.8 Å². The Morgan fingerprint density at radius 2 is 1.90 bits per heavy atom. The van der Waals surface area contributed by atoms with Crippen molar-refractivity contribution in [2.24, 2.45) is 0 Å². The van der Waals surface area contributed by atoms with E-state index in [1.165, 1.54) is 0 Å². The molecule has 4 heterocycles. The number of aromatic nitrogens is 3. The maximum atomic E-state index is 13.0. The molecule has 2 amide bonds. The van der Waals surface area contributed by atoms with Crippen LogP contribution in [0.4, 0.5) is 5.95 Å². The minimum Gasteiger partial charge on any atom is -0.368 e. The molecule has 2 aliphatic rings. The quantitative estimate of drug-likeness (QED) is 0.812. The van der Waals surface area contributed by atoms with E-state index in [1.54, 1.807) is 17.3 Å². The Morgan fingerprint density at radius 3 is 2.71 bits per heavy atom. The first-order valence-electron chi connectivity index (χ1n) is 11.1. The number of hydrogen-bond donors (Lipinski definition) is 1. The number of carbonyl (C=O) groups excluding carboxylic acids is 2. The lowest BCUT2D eigenvalue weighted by molar-refractivity contribution is -0.140. The minimum atomic E-state index is 0.0414. The van der Waals surface area contributed by atoms with Crippen LogP contribution in [0.3, 0.4) is 0 Å². The number of likely N-dealkylation sites (tertiary alicyclic amines) is 2. The largest absolute Gasteiger partial charge is 0.368 e. The number of nitrogens with two attached hydrogens (primary N) is 1. The van der Waals surface area contributed by atoms with E-state index in [0.29, 0.717) is 19.5 Å². The highest BCUT2D eigenvalue weighted by Crippen LogP contribution is 2.29. The van der Waals surface area contributed by atoms with Gasteiger partial charge in [-0.05, 0) is 50.3 Å². The van der Waals surface area contributed by atoms with Gasteiger partial charge in [-0.25, -0.2) is 9.97 Å². The molecule has 2 aliphatic heterocycles. The molecule has 2 saturated heterocycles. The summed E-state index contributed by atoms with van der Waals surface area (Å²) in [6.07, 6.45) is 8.87. The highest BCUT2D eigenvalue weighted by molar-refractivity contribution is 5.85. The molecule has 2 aromatic heterocycles. The molecule has 2 fully saturated rings. The number of carbonyl (C=O) groups is 2. The Kier molecular flexibility index (Phi) is 6.44. The Labute approximate surface area is 182 Å². The van der Waals surface area contributed by atoms with E-state index in [-0.39, 0.29) is 30.2 Å². The van der Waals surface area contributed by atoms with Crippen LogP contribution >= 0.6 is 0 Å². The highest BCUT2D eigenvalue weighted by atomic mass is 16.2. The third-order valence-electron chi connectivity index (χ3n) is 6.17. The second-order valence-electron chi connectivity index (χ2n) is 8.56. The maximum absolute atomic E-state index is 13.0. The van der Waals surface area contributed by atoms with Gasteiger partial charge in [0.15, 0.2) is 0 Å². The molecular weight excluding hydrogens is 392 g/mol. The fourth-order valence-electron chi connectivity index (χ4n) is 4.47. The summed E-state index contributed by atoms with van der Waals surface area (Å²) < 4.78 is 0. The molecule has 2 N–H and O–H groups in total. The fourth-order valence-corrected chi connectivity index (χ4v) is 4.47. The van der Waals surface area contributed by atoms with Gasteiger partial charge in [0.05, 0.1) is 6.54 Å². The van der Waals surface area contributed by atoms with Crippen molar-refractivity contribution in [3.05, 3.63) is 35.9 Å². The van der Waals surface area contributed by atoms with Crippen molar-refractivity contribution in [2.45, 2.75) is 51.4 Å². The van der Waals surface area contributed by atoms with Gasteiger partial charge < -0.3 is 15.5 Å². The zero-order valence-electron chi connectivity index (χ0n) is 18.1. The standard InChI is InChI=1S/C23H30N6O2/c1-16-10-18(19-12-25-23(24)26-13-19)11-20(27-16)17-6-5-9-28(14-17)22(31)15-29-8-4-2-3-7-21(29)30/h10-13,17H,2-9,14-15H2,1H3,(H2,24,25,26)/t17-/m0/s1. The monoisotopic (exact) mass is 422 g/mol. The summed E-state index contributed by atoms with van der Waals surface area (Å²) in [4.78, 5) is 41.8. The van der Waals surface area contributed by atoms with Crippen molar-refractivity contribution in [2.75, 3.05) is 31.9 Å². The molecule has 2 aromatic rings. The van der Waals surface area contributed by atoms with E-state index in [1.807, 2.05) is 17.9 Å². The van der Waals surface area contributed by atoms with Gasteiger partial charge in [-0.1, -0.05) is 6.42 Å². The molecular formula is C23H30N6O2. The van der Waals surface area contributed by atoms with Gasteiger partial charge in [0.2, 0.25) is 17.8 Å². The summed E-state index contributed by atoms with van der Waals surface area (Å²) in [6, 6.07) is 4.08. The lowest BCUT2D eigenvalue weighted by Crippen LogP contribution is -2.46. The molecule has 0 spiro atoms. The van der Waals surface area contributed by atoms with Crippen molar-refractivity contribution in [3.8, 4) is 11.1 Å². The van der Waals surface area contributed by atoms with Crippen molar-refractivity contribution in [1.29, 1.82) is 0 Å². The summed E-state index contributed by atoms with van der Waals surface area (Å²) in [6.45, 7) is 4.23. The van der Waals surface area contributed by atoms with Crippen LogP contribution in [0.25, 0.3) is 11.1 Å². The van der Waals surface area contributed by atoms with Crippen LogP contribution in [0.15, 0.2) is 24.5 Å². The van der Waals surface area contributed by atoms with Gasteiger partial charge in [0, 0.05) is 61.3 Å². The fraction of sp³-hybridized carbons (Fsp3) is 0.522. The highest BCUT2D eigenvalue weighted by Gasteiger charge is 2.28. The molecule has 8 heteroatoms. The molecule has 0 aliphatic carbocycles. The molecule has 0 saturated carbocycles. The Hall–Kier alpha value is -3.03. The van der Waals surface area contributed by atoms with Crippen LogP contribution in [-0.2, 0) is 9.59 Å². The molecule has 0 unspecified atom stereocenters. The van der Waals surface area contributed by atoms with Gasteiger partial charge in [-0.15, -0.1) is 0 Å². The lowest BCUT2D eigenvalue weighted by atomic mass is 9.92. The van der Waals surface area contributed by atoms with Gasteiger partial charge in [-0.3, -0.25) is 14.6 Å². The van der Waals surface area contributed by atoms with Gasteiger partial charge >= 0.3 is 0 Å². The SMILES string of the molecule is Cc1cc(-c2cnc(N)nc2)cc([C@H]2CCCN(C(=O)CN3CCCCCC3=O)C2)n1. The molecule has 4 rings (SSSR count). The Bertz CT molecular complexity index is 946. The van der Waals surface area contributed by atoms with Crippen LogP contribution < -0.4 is 5.73 Å². The van der Waals surface area contributed by atoms with E-state index in [0.717, 1.165) is 61.2 Å². The van der Waals surface area contributed by atoms with Crippen LogP contribution in [0.5, 0.6) is 0 Å². The van der Waals surface area contributed by atoms with Crippen molar-refractivity contribution in [3.63, 3.8) is 0 Å². The van der Waals surface area contributed by atoms with E-state index >= 15 is 0 Å². The van der Waals surface area contributed by atoms with E-state index < -0.39 is 0 Å². The summed E-state index contributed by atoms with van der Waals surface area (Å²) >= 11 is 0. The minimum absolute atomic E-state index is 0.0414. The molecule has 0 aromatic carbocycles. The maximum Gasteiger partial charge on any atom is 0.242 e. The van der Waals surface area contributed by atoms with E-state index in [4.69, 9.17) is 10.7 Å². The summed E-state index contributed by atoms with van der Waals surface area (Å²) in [5, 5.41) is 0. The van der Waals surface area contributed by atoms with Crippen LogP contribution in [0, 0.1) is 6.92 Å². The molecule has 0 radical (unpaired) electrons. The summed E-state index contributed by atoms with van der Waals surface area (Å²) in [5.41, 5.74) is 9.41. The number of rotatable bonds is 4. The number of amides is 2. The first kappa shape index (κ1) is 21.2. The van der Waals surface area contributed by atoms with Crippen LogP contribution in [-0.4, -0.2) is 62.7 Å². The number of anilines is 1. The normalized spacial score (nSPS) is 19.9. The number of nitrogen functional groups attached to an aromatic ring is 1. The third-order valence-corrected chi connectivity index (χ3v) is 6.17. The third kappa shape index (κ3) is 5.18. The summed E-state index contributed by atoms with van der Waals surface area (Å²) in [7, 11) is 0.